The van der Waals surface area contributed by atoms with Crippen LogP contribution in [0.3, 0.4) is 0 Å². The van der Waals surface area contributed by atoms with Gasteiger partial charge in [-0.1, -0.05) is 0 Å². The Morgan fingerprint density at radius 1 is 1.38 bits per heavy atom. The predicted molar refractivity (Wildman–Crippen MR) is 29.7 cm³/mol. The minimum atomic E-state index is -0.562. The van der Waals surface area contributed by atoms with Crippen LogP contribution in [0.1, 0.15) is 0 Å². The fraction of sp³-hybridized carbons (Fsp3) is 0. The van der Waals surface area contributed by atoms with Crippen molar-refractivity contribution in [2.24, 2.45) is 0 Å². The van der Waals surface area contributed by atoms with Gasteiger partial charge in [0.25, 0.3) is 0 Å². The highest BCUT2D eigenvalue weighted by Gasteiger charge is 1.88. The maximum absolute atomic E-state index is 11.9. The Kier molecular flexibility index (Phi) is 1.53. The summed E-state index contributed by atoms with van der Waals surface area (Å²) in [6, 6.07) is 2.72. The van der Waals surface area contributed by atoms with Crippen LogP contribution in [0.15, 0.2) is 16.7 Å². The molecular weight excluding hydrogens is 175 g/mol. The molecule has 0 unspecified atom stereocenters. The first kappa shape index (κ1) is 5.62. The lowest BCUT2D eigenvalue weighted by Gasteiger charge is -1.83. The van der Waals surface area contributed by atoms with Gasteiger partial charge < -0.3 is 0 Å². The maximum atomic E-state index is 11.9. The summed E-state index contributed by atoms with van der Waals surface area (Å²) in [5.74, 6) is -0.562. The van der Waals surface area contributed by atoms with Gasteiger partial charge in [-0.2, -0.15) is 4.39 Å². The van der Waals surface area contributed by atoms with Gasteiger partial charge in [0, 0.05) is 0 Å². The van der Waals surface area contributed by atoms with E-state index < -0.39 is 5.95 Å². The van der Waals surface area contributed by atoms with Crippen LogP contribution in [0.4, 0.5) is 4.39 Å². The third-order valence-corrected chi connectivity index (χ3v) is 1.02. The molecule has 0 amide bonds. The van der Waals surface area contributed by atoms with Gasteiger partial charge in [0.05, 0.1) is 0 Å². The Balaban J connectivity index is 3.03. The van der Waals surface area contributed by atoms with E-state index in [1.807, 2.05) is 0 Å². The Bertz CT molecular complexity index is 153. The number of halogens is 2. The first-order chi connectivity index (χ1) is 3.79. The highest BCUT2D eigenvalue weighted by atomic mass is 79.9. The summed E-state index contributed by atoms with van der Waals surface area (Å²) >= 11 is 3.01. The van der Waals surface area contributed by atoms with Crippen LogP contribution < -0.4 is 0 Å². The Morgan fingerprint density at radius 3 is 2.50 bits per heavy atom. The van der Waals surface area contributed by atoms with Crippen LogP contribution in [0, 0.1) is 5.95 Å². The lowest BCUT2D eigenvalue weighted by molar-refractivity contribution is 0.561. The zero-order valence-electron chi connectivity index (χ0n) is 3.81. The number of hydrogen-bond donors (Lipinski definition) is 0. The summed E-state index contributed by atoms with van der Waals surface area (Å²) in [6.07, 6.45) is 0. The maximum Gasteiger partial charge on any atom is 0.233 e. The third-order valence-electron chi connectivity index (χ3n) is 0.599. The summed E-state index contributed by atoms with van der Waals surface area (Å²) in [5.41, 5.74) is 0. The summed E-state index contributed by atoms with van der Waals surface area (Å²) in [4.78, 5) is 0. The minimum Gasteiger partial charge on any atom is -0.183 e. The average molecular weight is 177 g/mol. The second kappa shape index (κ2) is 2.17. The molecule has 4 heteroatoms. The molecule has 0 aliphatic rings. The largest absolute Gasteiger partial charge is 0.233 e. The molecule has 0 N–H and O–H groups in total. The molecule has 0 saturated carbocycles. The van der Waals surface area contributed by atoms with Gasteiger partial charge in [-0.15, -0.1) is 10.2 Å². The molecule has 0 bridgehead atoms. The lowest BCUT2D eigenvalue weighted by Crippen LogP contribution is -1.84. The molecule has 0 aliphatic carbocycles. The number of hydrogen-bond acceptors (Lipinski definition) is 2. The molecule has 8 heavy (non-hydrogen) atoms. The SMILES string of the molecule is Fc1ccc(Br)nn1. The minimum absolute atomic E-state index is 0.541. The quantitative estimate of drug-likeness (QED) is 0.598. The second-order valence-electron chi connectivity index (χ2n) is 1.18. The van der Waals surface area contributed by atoms with E-state index in [1.54, 1.807) is 0 Å². The van der Waals surface area contributed by atoms with E-state index in [-0.39, 0.29) is 0 Å². The van der Waals surface area contributed by atoms with Crippen molar-refractivity contribution >= 4 is 15.9 Å². The molecule has 2 nitrogen and oxygen atoms in total. The van der Waals surface area contributed by atoms with E-state index in [1.165, 1.54) is 12.1 Å². The Labute approximate surface area is 53.9 Å². The van der Waals surface area contributed by atoms with Crippen molar-refractivity contribution in [3.05, 3.63) is 22.7 Å². The van der Waals surface area contributed by atoms with Gasteiger partial charge in [-0.25, -0.2) is 0 Å². The fourth-order valence-corrected chi connectivity index (χ4v) is 0.511. The highest BCUT2D eigenvalue weighted by Crippen LogP contribution is 2.01. The van der Waals surface area contributed by atoms with Crippen LogP contribution in [-0.2, 0) is 0 Å². The van der Waals surface area contributed by atoms with Crippen LogP contribution in [0.5, 0.6) is 0 Å². The van der Waals surface area contributed by atoms with E-state index in [9.17, 15) is 4.39 Å². The molecule has 0 aliphatic heterocycles. The molecule has 0 fully saturated rings. The van der Waals surface area contributed by atoms with Crippen molar-refractivity contribution < 1.29 is 4.39 Å². The van der Waals surface area contributed by atoms with Crippen LogP contribution in [-0.4, -0.2) is 10.2 Å². The van der Waals surface area contributed by atoms with Gasteiger partial charge >= 0.3 is 0 Å². The summed E-state index contributed by atoms with van der Waals surface area (Å²) in [6.45, 7) is 0. The van der Waals surface area contributed by atoms with E-state index in [0.29, 0.717) is 4.60 Å². The van der Waals surface area contributed by atoms with Gasteiger partial charge in [0.1, 0.15) is 4.60 Å². The van der Waals surface area contributed by atoms with E-state index >= 15 is 0 Å². The van der Waals surface area contributed by atoms with Crippen molar-refractivity contribution in [3.8, 4) is 0 Å². The summed E-state index contributed by atoms with van der Waals surface area (Å²) in [7, 11) is 0. The zero-order valence-corrected chi connectivity index (χ0v) is 5.39. The van der Waals surface area contributed by atoms with Crippen LogP contribution >= 0.6 is 15.9 Å². The average Bonchev–Trinajstić information content (AvgIpc) is 1.77. The first-order valence-corrected chi connectivity index (χ1v) is 2.73. The van der Waals surface area contributed by atoms with Gasteiger partial charge in [0.15, 0.2) is 0 Å². The highest BCUT2D eigenvalue weighted by molar-refractivity contribution is 9.10. The summed E-state index contributed by atoms with van der Waals surface area (Å²) in [5, 5.41) is 6.49. The number of nitrogens with zero attached hydrogens (tertiary/aromatic N) is 2. The van der Waals surface area contributed by atoms with E-state index in [4.69, 9.17) is 0 Å². The third kappa shape index (κ3) is 1.23. The molecule has 1 aromatic rings. The molecule has 0 saturated heterocycles. The Hall–Kier alpha value is -0.510. The van der Waals surface area contributed by atoms with Crippen molar-refractivity contribution in [1.29, 1.82) is 0 Å². The Morgan fingerprint density at radius 2 is 2.12 bits per heavy atom. The smallest absolute Gasteiger partial charge is 0.183 e. The van der Waals surface area contributed by atoms with Gasteiger partial charge in [-0.3, -0.25) is 0 Å². The van der Waals surface area contributed by atoms with Gasteiger partial charge in [0.2, 0.25) is 5.95 Å². The standard InChI is InChI=1S/C4H2BrFN2/c5-3-1-2-4(6)8-7-3/h1-2H. The predicted octanol–water partition coefficient (Wildman–Crippen LogP) is 1.38. The molecule has 1 aromatic heterocycles. The molecule has 1 rings (SSSR count). The van der Waals surface area contributed by atoms with E-state index in [0.717, 1.165) is 0 Å². The molecule has 0 atom stereocenters. The van der Waals surface area contributed by atoms with Gasteiger partial charge in [-0.05, 0) is 28.1 Å². The number of aromatic nitrogens is 2. The van der Waals surface area contributed by atoms with Crippen molar-refractivity contribution in [2.45, 2.75) is 0 Å². The fourth-order valence-electron chi connectivity index (χ4n) is 0.300. The van der Waals surface area contributed by atoms with Crippen molar-refractivity contribution in [1.82, 2.24) is 10.2 Å². The van der Waals surface area contributed by atoms with Crippen LogP contribution in [0.25, 0.3) is 0 Å². The molecule has 0 aromatic carbocycles. The van der Waals surface area contributed by atoms with Crippen molar-refractivity contribution in [2.75, 3.05) is 0 Å². The molecule has 1 heterocycles. The van der Waals surface area contributed by atoms with E-state index in [2.05, 4.69) is 26.1 Å². The molecule has 42 valence electrons. The first-order valence-electron chi connectivity index (χ1n) is 1.94. The molecular formula is C4H2BrFN2. The normalized spacial score (nSPS) is 9.25. The summed E-state index contributed by atoms with van der Waals surface area (Å²) < 4.78 is 12.4. The number of rotatable bonds is 0. The molecule has 0 spiro atoms. The van der Waals surface area contributed by atoms with Crippen molar-refractivity contribution in [3.63, 3.8) is 0 Å². The monoisotopic (exact) mass is 176 g/mol. The van der Waals surface area contributed by atoms with Crippen LogP contribution in [0.2, 0.25) is 0 Å². The zero-order chi connectivity index (χ0) is 5.98. The topological polar surface area (TPSA) is 25.8 Å². The lowest BCUT2D eigenvalue weighted by atomic mass is 10.6. The molecule has 0 radical (unpaired) electrons. The second-order valence-corrected chi connectivity index (χ2v) is 1.99.